The van der Waals surface area contributed by atoms with Gasteiger partial charge in [-0.2, -0.15) is 31.6 Å². The number of rotatable bonds is 6. The van der Waals surface area contributed by atoms with E-state index in [1.165, 1.54) is 24.4 Å². The van der Waals surface area contributed by atoms with Crippen molar-refractivity contribution in [2.24, 2.45) is 0 Å². The first kappa shape index (κ1) is 28.5. The summed E-state index contributed by atoms with van der Waals surface area (Å²) in [7, 11) is 0. The average molecular weight is 557 g/mol. The Morgan fingerprint density at radius 1 is 0.949 bits per heavy atom. The van der Waals surface area contributed by atoms with Gasteiger partial charge in [0.25, 0.3) is 0 Å². The van der Waals surface area contributed by atoms with E-state index in [0.717, 1.165) is 18.2 Å². The summed E-state index contributed by atoms with van der Waals surface area (Å²) in [5, 5.41) is 8.92. The van der Waals surface area contributed by atoms with Crippen LogP contribution in [0.5, 0.6) is 5.75 Å². The molecular formula is C26H26F6N4O3. The minimum absolute atomic E-state index is 0.0482. The predicted molar refractivity (Wildman–Crippen MR) is 127 cm³/mol. The Morgan fingerprint density at radius 3 is 2.18 bits per heavy atom. The molecule has 0 unspecified atom stereocenters. The number of carbonyl (C=O) groups is 1. The van der Waals surface area contributed by atoms with Crippen LogP contribution in [0.2, 0.25) is 0 Å². The van der Waals surface area contributed by atoms with E-state index >= 15 is 0 Å². The maximum absolute atomic E-state index is 13.2. The molecule has 13 heteroatoms. The second-order valence-electron chi connectivity index (χ2n) is 9.41. The fraction of sp³-hybridized carbons (Fsp3) is 0.500. The molecule has 2 heterocycles. The van der Waals surface area contributed by atoms with Gasteiger partial charge >= 0.3 is 12.4 Å². The van der Waals surface area contributed by atoms with Gasteiger partial charge in [0, 0.05) is 26.2 Å². The number of nitrogens with zero attached hydrogens (tertiary/aromatic N) is 4. The van der Waals surface area contributed by atoms with E-state index in [1.807, 2.05) is 4.90 Å². The smallest absolute Gasteiger partial charge is 0.433 e. The molecule has 39 heavy (non-hydrogen) atoms. The Kier molecular flexibility index (Phi) is 8.54. The van der Waals surface area contributed by atoms with Crippen molar-refractivity contribution in [1.82, 2.24) is 9.88 Å². The second-order valence-corrected chi connectivity index (χ2v) is 9.41. The van der Waals surface area contributed by atoms with E-state index in [4.69, 9.17) is 14.7 Å². The lowest BCUT2D eigenvalue weighted by Crippen LogP contribution is -2.50. The zero-order valence-electron chi connectivity index (χ0n) is 20.8. The summed E-state index contributed by atoms with van der Waals surface area (Å²) in [5.41, 5.74) is -1.90. The molecule has 0 bridgehead atoms. The zero-order valence-corrected chi connectivity index (χ0v) is 20.8. The van der Waals surface area contributed by atoms with Gasteiger partial charge in [-0.05, 0) is 56.0 Å². The van der Waals surface area contributed by atoms with Crippen LogP contribution in [0.1, 0.15) is 42.5 Å². The Bertz CT molecular complexity index is 1180. The molecular weight excluding hydrogens is 530 g/mol. The van der Waals surface area contributed by atoms with Crippen LogP contribution >= 0.6 is 0 Å². The number of alkyl halides is 6. The Labute approximate surface area is 220 Å². The Morgan fingerprint density at radius 2 is 1.62 bits per heavy atom. The molecule has 7 nitrogen and oxygen atoms in total. The summed E-state index contributed by atoms with van der Waals surface area (Å²) in [6.45, 7) is 1.59. The normalized spacial score (nSPS) is 20.4. The number of hydrogen-bond donors (Lipinski definition) is 0. The molecule has 4 rings (SSSR count). The van der Waals surface area contributed by atoms with Gasteiger partial charge in [0.2, 0.25) is 5.91 Å². The molecule has 1 aliphatic carbocycles. The van der Waals surface area contributed by atoms with Gasteiger partial charge in [-0.25, -0.2) is 4.98 Å². The van der Waals surface area contributed by atoms with Crippen molar-refractivity contribution in [2.75, 3.05) is 37.7 Å². The second kappa shape index (κ2) is 11.7. The molecule has 0 radical (unpaired) electrons. The van der Waals surface area contributed by atoms with Crippen molar-refractivity contribution in [2.45, 2.75) is 50.2 Å². The highest BCUT2D eigenvalue weighted by Gasteiger charge is 2.35. The van der Waals surface area contributed by atoms with Gasteiger partial charge in [-0.3, -0.25) is 4.79 Å². The number of benzene rings is 1. The molecule has 2 aliphatic rings. The number of amides is 1. The van der Waals surface area contributed by atoms with E-state index in [2.05, 4.69) is 4.98 Å². The Balaban J connectivity index is 1.18. The summed E-state index contributed by atoms with van der Waals surface area (Å²) >= 11 is 0. The van der Waals surface area contributed by atoms with E-state index in [1.54, 1.807) is 4.90 Å². The third-order valence-corrected chi connectivity index (χ3v) is 6.82. The molecule has 1 aromatic heterocycles. The van der Waals surface area contributed by atoms with Crippen LogP contribution in [0.25, 0.3) is 0 Å². The maximum Gasteiger partial charge on any atom is 0.433 e. The average Bonchev–Trinajstić information content (AvgIpc) is 2.91. The molecule has 1 amide bonds. The Hall–Kier alpha value is -3.53. The third kappa shape index (κ3) is 7.32. The number of halogens is 6. The van der Waals surface area contributed by atoms with Crippen molar-refractivity contribution in [3.8, 4) is 11.8 Å². The summed E-state index contributed by atoms with van der Waals surface area (Å²) in [6.07, 6.45) is -6.22. The quantitative estimate of drug-likeness (QED) is 0.464. The highest BCUT2D eigenvalue weighted by Crippen LogP contribution is 2.35. The number of nitriles is 1. The molecule has 1 saturated heterocycles. The molecule has 1 saturated carbocycles. The lowest BCUT2D eigenvalue weighted by atomic mass is 9.95. The number of piperazine rings is 1. The van der Waals surface area contributed by atoms with Gasteiger partial charge < -0.3 is 19.3 Å². The molecule has 1 aromatic carbocycles. The SMILES string of the molecule is N#Cc1ccc(O[C@H]2CC[C@H](OCC(=O)N3CCN(c4ccc(C(F)(F)F)nc4)CC3)CC2)cc1C(F)(F)F. The number of anilines is 1. The van der Waals surface area contributed by atoms with Crippen molar-refractivity contribution in [3.05, 3.63) is 53.3 Å². The number of ether oxygens (including phenoxy) is 2. The standard InChI is InChI=1S/C26H26F6N4O3/c27-25(28,29)22-13-21(3-1-17(22)14-33)39-20-6-4-19(5-7-20)38-16-24(37)36-11-9-35(10-12-36)18-2-8-23(34-15-18)26(30,31)32/h1-3,8,13,15,19-20H,4-7,9-12,16H2/t19-,20-. The lowest BCUT2D eigenvalue weighted by Gasteiger charge is -2.36. The first-order chi connectivity index (χ1) is 18.4. The number of pyridine rings is 1. The van der Waals surface area contributed by atoms with E-state index < -0.39 is 29.2 Å². The fourth-order valence-corrected chi connectivity index (χ4v) is 4.67. The summed E-state index contributed by atoms with van der Waals surface area (Å²) in [5.74, 6) is -0.136. The largest absolute Gasteiger partial charge is 0.490 e. The molecule has 210 valence electrons. The summed E-state index contributed by atoms with van der Waals surface area (Å²) in [4.78, 5) is 19.6. The van der Waals surface area contributed by atoms with Crippen LogP contribution in [-0.4, -0.2) is 60.8 Å². The highest BCUT2D eigenvalue weighted by atomic mass is 19.4. The predicted octanol–water partition coefficient (Wildman–Crippen LogP) is 5.05. The molecule has 0 spiro atoms. The van der Waals surface area contributed by atoms with Crippen LogP contribution in [0.15, 0.2) is 36.5 Å². The summed E-state index contributed by atoms with van der Waals surface area (Å²) in [6, 6.07) is 7.13. The first-order valence-electron chi connectivity index (χ1n) is 12.4. The van der Waals surface area contributed by atoms with Gasteiger partial charge in [0.1, 0.15) is 18.1 Å². The van der Waals surface area contributed by atoms with Crippen molar-refractivity contribution < 1.29 is 40.6 Å². The van der Waals surface area contributed by atoms with Gasteiger partial charge in [-0.1, -0.05) is 0 Å². The fourth-order valence-electron chi connectivity index (χ4n) is 4.67. The number of carbonyl (C=O) groups excluding carboxylic acids is 1. The van der Waals surface area contributed by atoms with Crippen LogP contribution in [0.4, 0.5) is 32.0 Å². The van der Waals surface area contributed by atoms with E-state index in [0.29, 0.717) is 57.5 Å². The topological polar surface area (TPSA) is 78.7 Å². The minimum atomic E-state index is -4.66. The van der Waals surface area contributed by atoms with Crippen LogP contribution in [0.3, 0.4) is 0 Å². The van der Waals surface area contributed by atoms with Gasteiger partial charge in [0.15, 0.2) is 0 Å². The number of aromatic nitrogens is 1. The molecule has 0 atom stereocenters. The van der Waals surface area contributed by atoms with Crippen molar-refractivity contribution in [1.29, 1.82) is 5.26 Å². The first-order valence-corrected chi connectivity index (χ1v) is 12.4. The molecule has 0 N–H and O–H groups in total. The van der Waals surface area contributed by atoms with Gasteiger partial charge in [0.05, 0.1) is 41.3 Å². The van der Waals surface area contributed by atoms with Crippen LogP contribution < -0.4 is 9.64 Å². The van der Waals surface area contributed by atoms with E-state index in [-0.39, 0.29) is 30.5 Å². The zero-order chi connectivity index (χ0) is 28.2. The molecule has 2 fully saturated rings. The molecule has 1 aliphatic heterocycles. The van der Waals surface area contributed by atoms with Crippen molar-refractivity contribution >= 4 is 11.6 Å². The maximum atomic E-state index is 13.2. The molecule has 2 aromatic rings. The summed E-state index contributed by atoms with van der Waals surface area (Å²) < 4.78 is 89.2. The monoisotopic (exact) mass is 556 g/mol. The number of hydrogen-bond acceptors (Lipinski definition) is 6. The van der Waals surface area contributed by atoms with Crippen LogP contribution in [0, 0.1) is 11.3 Å². The van der Waals surface area contributed by atoms with Crippen molar-refractivity contribution in [3.63, 3.8) is 0 Å². The lowest BCUT2D eigenvalue weighted by molar-refractivity contribution is -0.141. The van der Waals surface area contributed by atoms with Gasteiger partial charge in [-0.15, -0.1) is 0 Å². The van der Waals surface area contributed by atoms with E-state index in [9.17, 15) is 31.1 Å². The minimum Gasteiger partial charge on any atom is -0.490 e. The van der Waals surface area contributed by atoms with Crippen LogP contribution in [-0.2, 0) is 21.9 Å². The highest BCUT2D eigenvalue weighted by molar-refractivity contribution is 5.77. The third-order valence-electron chi connectivity index (χ3n) is 6.82.